The number of nitrogens with zero attached hydrogens (tertiary/aromatic N) is 2. The maximum absolute atomic E-state index is 12.4. The number of aryl methyl sites for hydroxylation is 1. The summed E-state index contributed by atoms with van der Waals surface area (Å²) in [5, 5.41) is 10.6. The molecule has 3 aromatic rings. The van der Waals surface area contributed by atoms with Gasteiger partial charge in [0, 0.05) is 16.8 Å². The van der Waals surface area contributed by atoms with Crippen molar-refractivity contribution in [1.82, 2.24) is 4.57 Å². The third-order valence-corrected chi connectivity index (χ3v) is 5.53. The second kappa shape index (κ2) is 7.48. The van der Waals surface area contributed by atoms with Crippen LogP contribution in [0.2, 0.25) is 0 Å². The highest BCUT2D eigenvalue weighted by Crippen LogP contribution is 2.37. The summed E-state index contributed by atoms with van der Waals surface area (Å²) in [6, 6.07) is 15.6. The number of hydrogen-bond donors (Lipinski definition) is 1. The van der Waals surface area contributed by atoms with Gasteiger partial charge in [-0.2, -0.15) is 0 Å². The normalized spacial score (nSPS) is 14.2. The van der Waals surface area contributed by atoms with E-state index in [1.165, 1.54) is 4.57 Å². The van der Waals surface area contributed by atoms with Crippen molar-refractivity contribution in [2.45, 2.75) is 20.4 Å². The van der Waals surface area contributed by atoms with Gasteiger partial charge in [-0.25, -0.2) is 0 Å². The van der Waals surface area contributed by atoms with E-state index in [0.717, 1.165) is 45.2 Å². The number of benzene rings is 2. The number of hydrogen-bond acceptors (Lipinski definition) is 5. The van der Waals surface area contributed by atoms with Crippen LogP contribution in [0.5, 0.6) is 11.6 Å². The molecule has 6 heteroatoms. The predicted octanol–water partition coefficient (Wildman–Crippen LogP) is 4.65. The molecule has 0 fully saturated rings. The maximum atomic E-state index is 12.4. The van der Waals surface area contributed by atoms with Crippen molar-refractivity contribution in [3.05, 3.63) is 74.2 Å². The number of rotatable bonds is 5. The van der Waals surface area contributed by atoms with E-state index in [4.69, 9.17) is 4.74 Å². The van der Waals surface area contributed by atoms with Gasteiger partial charge in [0.1, 0.15) is 12.4 Å². The van der Waals surface area contributed by atoms with Crippen molar-refractivity contribution in [2.24, 2.45) is 4.99 Å². The molecule has 142 valence electrons. The van der Waals surface area contributed by atoms with Crippen molar-refractivity contribution in [3.63, 3.8) is 0 Å². The van der Waals surface area contributed by atoms with Crippen LogP contribution < -0.4 is 9.61 Å². The summed E-state index contributed by atoms with van der Waals surface area (Å²) < 4.78 is 7.05. The summed E-state index contributed by atoms with van der Waals surface area (Å²) in [5.41, 5.74) is 4.82. The molecule has 0 radical (unpaired) electrons. The fraction of sp³-hybridized carbons (Fsp3) is 0.182. The van der Waals surface area contributed by atoms with Gasteiger partial charge >= 0.3 is 4.87 Å². The van der Waals surface area contributed by atoms with Crippen LogP contribution in [-0.4, -0.2) is 22.0 Å². The van der Waals surface area contributed by atoms with Crippen molar-refractivity contribution >= 4 is 34.4 Å². The Morgan fingerprint density at radius 1 is 1.18 bits per heavy atom. The lowest BCUT2D eigenvalue weighted by Gasteiger charge is -2.08. The maximum Gasteiger partial charge on any atom is 0.310 e. The Balaban J connectivity index is 1.55. The molecule has 0 saturated carbocycles. The Labute approximate surface area is 166 Å². The first-order valence-corrected chi connectivity index (χ1v) is 9.83. The number of allylic oxidation sites excluding steroid dienone is 1. The zero-order valence-corrected chi connectivity index (χ0v) is 16.5. The zero-order valence-electron chi connectivity index (χ0n) is 15.7. The Morgan fingerprint density at radius 3 is 2.82 bits per heavy atom. The Morgan fingerprint density at radius 2 is 2.00 bits per heavy atom. The number of aromatic nitrogens is 1. The number of para-hydroxylation sites is 1. The van der Waals surface area contributed by atoms with Crippen LogP contribution in [0.3, 0.4) is 0 Å². The fourth-order valence-electron chi connectivity index (χ4n) is 3.21. The van der Waals surface area contributed by atoms with Gasteiger partial charge in [0.15, 0.2) is 0 Å². The molecule has 0 spiro atoms. The first kappa shape index (κ1) is 18.3. The minimum Gasteiger partial charge on any atom is -0.493 e. The molecular formula is C22H20N2O3S. The number of aliphatic imine (C=N–C) groups is 1. The van der Waals surface area contributed by atoms with Gasteiger partial charge in [0.25, 0.3) is 0 Å². The topological polar surface area (TPSA) is 63.8 Å². The molecule has 1 aliphatic heterocycles. The molecule has 5 nitrogen and oxygen atoms in total. The van der Waals surface area contributed by atoms with E-state index >= 15 is 0 Å². The van der Waals surface area contributed by atoms with E-state index < -0.39 is 0 Å². The van der Waals surface area contributed by atoms with Crippen molar-refractivity contribution < 1.29 is 9.84 Å². The minimum absolute atomic E-state index is 0.0347. The van der Waals surface area contributed by atoms with Crippen LogP contribution in [0, 0.1) is 6.92 Å². The highest BCUT2D eigenvalue weighted by atomic mass is 32.1. The third-order valence-electron chi connectivity index (χ3n) is 4.61. The summed E-state index contributed by atoms with van der Waals surface area (Å²) in [7, 11) is 0. The number of thiazole rings is 1. The Bertz CT molecular complexity index is 1150. The Kier molecular flexibility index (Phi) is 4.88. The first-order chi connectivity index (χ1) is 13.5. The Hall–Kier alpha value is -3.12. The average molecular weight is 392 g/mol. The molecule has 1 N–H and O–H groups in total. The number of ether oxygens (including phenoxy) is 1. The van der Waals surface area contributed by atoms with Crippen molar-refractivity contribution in [3.8, 4) is 11.6 Å². The molecule has 0 aliphatic carbocycles. The standard InChI is InChI=1S/C22H20N2O3S/c1-14-6-5-7-16(12-14)27-11-10-24-21(25)20(28-22(24)26)13-18-15(2)23-19-9-4-3-8-17(18)19/h3-9,12-13,25H,10-11H2,1-2H3/b18-13-. The smallest absolute Gasteiger partial charge is 0.310 e. The molecule has 4 rings (SSSR count). The van der Waals surface area contributed by atoms with E-state index in [9.17, 15) is 9.90 Å². The molecule has 0 saturated heterocycles. The molecule has 28 heavy (non-hydrogen) atoms. The minimum atomic E-state index is -0.210. The lowest BCUT2D eigenvalue weighted by molar-refractivity contribution is 0.286. The summed E-state index contributed by atoms with van der Waals surface area (Å²) in [5.74, 6) is 0.715. The summed E-state index contributed by atoms with van der Waals surface area (Å²) >= 11 is 1.02. The highest BCUT2D eigenvalue weighted by Gasteiger charge is 2.19. The van der Waals surface area contributed by atoms with Gasteiger partial charge in [-0.15, -0.1) is 0 Å². The highest BCUT2D eigenvalue weighted by molar-refractivity contribution is 7.10. The molecule has 1 aliphatic rings. The van der Waals surface area contributed by atoms with Gasteiger partial charge in [0.05, 0.1) is 17.1 Å². The van der Waals surface area contributed by atoms with Gasteiger partial charge < -0.3 is 9.84 Å². The number of fused-ring (bicyclic) bond motifs is 1. The van der Waals surface area contributed by atoms with Crippen LogP contribution >= 0.6 is 11.3 Å². The summed E-state index contributed by atoms with van der Waals surface area (Å²) in [6.07, 6.45) is 1.84. The number of aromatic hydroxyl groups is 1. The van der Waals surface area contributed by atoms with E-state index in [1.54, 1.807) is 0 Å². The van der Waals surface area contributed by atoms with Crippen molar-refractivity contribution in [2.75, 3.05) is 6.61 Å². The van der Waals surface area contributed by atoms with Crippen LogP contribution in [-0.2, 0) is 6.54 Å². The SMILES string of the molecule is CC1=Nc2ccccc2/C1=C\c1sc(=O)n(CCOc2cccc(C)c2)c1O. The van der Waals surface area contributed by atoms with Gasteiger partial charge in [-0.1, -0.05) is 41.7 Å². The molecule has 0 bridgehead atoms. The van der Waals surface area contributed by atoms with Gasteiger partial charge in [-0.05, 0) is 43.7 Å². The third kappa shape index (κ3) is 3.51. The predicted molar refractivity (Wildman–Crippen MR) is 114 cm³/mol. The molecule has 2 heterocycles. The van der Waals surface area contributed by atoms with Gasteiger partial charge in [0.2, 0.25) is 5.88 Å². The van der Waals surface area contributed by atoms with E-state index in [1.807, 2.05) is 68.5 Å². The molecule has 1 aromatic heterocycles. The van der Waals surface area contributed by atoms with Gasteiger partial charge in [-0.3, -0.25) is 14.4 Å². The van der Waals surface area contributed by atoms with E-state index in [0.29, 0.717) is 11.5 Å². The lowest BCUT2D eigenvalue weighted by Crippen LogP contribution is -2.17. The van der Waals surface area contributed by atoms with E-state index in [-0.39, 0.29) is 17.3 Å². The second-order valence-electron chi connectivity index (χ2n) is 6.64. The van der Waals surface area contributed by atoms with Crippen LogP contribution in [0.15, 0.2) is 58.3 Å². The monoisotopic (exact) mass is 392 g/mol. The average Bonchev–Trinajstić information content (AvgIpc) is 3.13. The fourth-order valence-corrected chi connectivity index (χ4v) is 4.07. The molecular weight excluding hydrogens is 372 g/mol. The summed E-state index contributed by atoms with van der Waals surface area (Å²) in [6.45, 7) is 4.50. The van der Waals surface area contributed by atoms with Crippen LogP contribution in [0.25, 0.3) is 11.6 Å². The lowest BCUT2D eigenvalue weighted by atomic mass is 10.0. The molecule has 0 atom stereocenters. The van der Waals surface area contributed by atoms with E-state index in [2.05, 4.69) is 4.99 Å². The summed E-state index contributed by atoms with van der Waals surface area (Å²) in [4.78, 5) is 17.2. The molecule has 0 unspecified atom stereocenters. The first-order valence-electron chi connectivity index (χ1n) is 9.02. The second-order valence-corrected chi connectivity index (χ2v) is 7.64. The largest absolute Gasteiger partial charge is 0.493 e. The quantitative estimate of drug-likeness (QED) is 0.687. The zero-order chi connectivity index (χ0) is 19.7. The van der Waals surface area contributed by atoms with Crippen LogP contribution in [0.1, 0.15) is 22.9 Å². The van der Waals surface area contributed by atoms with Crippen LogP contribution in [0.4, 0.5) is 5.69 Å². The van der Waals surface area contributed by atoms with Crippen molar-refractivity contribution in [1.29, 1.82) is 0 Å². The molecule has 0 amide bonds. The molecule has 2 aromatic carbocycles.